The number of hydrogen-bond donors (Lipinski definition) is 1. The Labute approximate surface area is 183 Å². The van der Waals surface area contributed by atoms with Crippen LogP contribution in [0.3, 0.4) is 0 Å². The molecule has 0 unspecified atom stereocenters. The molecular formula is C23H27N2O5P. The quantitative estimate of drug-likeness (QED) is 0.296. The van der Waals surface area contributed by atoms with Crippen LogP contribution in [-0.4, -0.2) is 28.0 Å². The van der Waals surface area contributed by atoms with E-state index < -0.39 is 31.5 Å². The Bertz CT molecular complexity index is 984. The standard InChI is InChI=1S/C23H27N2O5P/c1-17(2)29-31(28,30-18(3)4)25(16-19-11-7-5-8-12-19)22(21(15-24)23(26)27)20-13-9-6-10-14-20/h5-14,17-18H,16H2,1-4H3,(H,26,27). The Hall–Kier alpha value is -2.91. The van der Waals surface area contributed by atoms with E-state index in [0.29, 0.717) is 5.56 Å². The van der Waals surface area contributed by atoms with Crippen LogP contribution in [0.25, 0.3) is 5.70 Å². The van der Waals surface area contributed by atoms with E-state index in [1.165, 1.54) is 4.67 Å². The van der Waals surface area contributed by atoms with Gasteiger partial charge in [-0.2, -0.15) is 5.26 Å². The fourth-order valence-electron chi connectivity index (χ4n) is 2.94. The molecule has 0 radical (unpaired) electrons. The molecule has 1 N–H and O–H groups in total. The number of aliphatic carboxylic acids is 1. The first-order valence-corrected chi connectivity index (χ1v) is 11.4. The second kappa shape index (κ2) is 10.9. The summed E-state index contributed by atoms with van der Waals surface area (Å²) in [5.74, 6) is -1.43. The third-order valence-electron chi connectivity index (χ3n) is 4.03. The Balaban J connectivity index is 2.83. The lowest BCUT2D eigenvalue weighted by Gasteiger charge is -2.36. The molecule has 164 valence electrons. The molecule has 0 amide bonds. The smallest absolute Gasteiger partial charge is 0.436 e. The van der Waals surface area contributed by atoms with Crippen LogP contribution in [0.5, 0.6) is 0 Å². The SMILES string of the molecule is CC(C)OP(=O)(OC(C)C)N(Cc1ccccc1)C(=C(C#N)C(=O)O)c1ccccc1. The van der Waals surface area contributed by atoms with Crippen molar-refractivity contribution in [2.45, 2.75) is 46.4 Å². The zero-order chi connectivity index (χ0) is 23.0. The van der Waals surface area contributed by atoms with Gasteiger partial charge in [-0.05, 0) is 38.8 Å². The molecular weight excluding hydrogens is 415 g/mol. The van der Waals surface area contributed by atoms with Crippen LogP contribution < -0.4 is 0 Å². The first kappa shape index (κ1) is 24.4. The Morgan fingerprint density at radius 3 is 1.90 bits per heavy atom. The molecule has 0 bridgehead atoms. The highest BCUT2D eigenvalue weighted by Gasteiger charge is 2.40. The van der Waals surface area contributed by atoms with E-state index in [-0.39, 0.29) is 12.2 Å². The maximum atomic E-state index is 14.1. The summed E-state index contributed by atoms with van der Waals surface area (Å²) in [7, 11) is -4.07. The number of carbonyl (C=O) groups is 1. The summed E-state index contributed by atoms with van der Waals surface area (Å²) in [5, 5.41) is 19.5. The van der Waals surface area contributed by atoms with Crippen molar-refractivity contribution in [1.29, 1.82) is 5.26 Å². The average Bonchev–Trinajstić information content (AvgIpc) is 2.70. The minimum atomic E-state index is -4.07. The number of benzene rings is 2. The third kappa shape index (κ3) is 6.53. The molecule has 0 fully saturated rings. The number of carboxylic acid groups (broad SMARTS) is 1. The molecule has 0 saturated carbocycles. The van der Waals surface area contributed by atoms with Crippen LogP contribution in [0, 0.1) is 11.3 Å². The van der Waals surface area contributed by atoms with Gasteiger partial charge in [-0.25, -0.2) is 9.36 Å². The first-order chi connectivity index (χ1) is 14.7. The van der Waals surface area contributed by atoms with Crippen molar-refractivity contribution in [1.82, 2.24) is 4.67 Å². The molecule has 7 nitrogen and oxygen atoms in total. The zero-order valence-electron chi connectivity index (χ0n) is 18.1. The van der Waals surface area contributed by atoms with Gasteiger partial charge in [-0.15, -0.1) is 0 Å². The van der Waals surface area contributed by atoms with Crippen LogP contribution in [0.15, 0.2) is 66.2 Å². The van der Waals surface area contributed by atoms with E-state index in [1.54, 1.807) is 64.1 Å². The third-order valence-corrected chi connectivity index (χ3v) is 6.34. The largest absolute Gasteiger partial charge is 0.477 e. The molecule has 2 rings (SSSR count). The van der Waals surface area contributed by atoms with Gasteiger partial charge >= 0.3 is 13.7 Å². The molecule has 0 aliphatic heterocycles. The second-order valence-corrected chi connectivity index (χ2v) is 9.17. The molecule has 31 heavy (non-hydrogen) atoms. The molecule has 0 saturated heterocycles. The lowest BCUT2D eigenvalue weighted by molar-refractivity contribution is -0.132. The number of carboxylic acids is 1. The van der Waals surface area contributed by atoms with Crippen molar-refractivity contribution in [3.63, 3.8) is 0 Å². The first-order valence-electron chi connectivity index (χ1n) is 9.89. The molecule has 0 aliphatic carbocycles. The molecule has 2 aromatic rings. The van der Waals surface area contributed by atoms with E-state index in [2.05, 4.69) is 0 Å². The summed E-state index contributed by atoms with van der Waals surface area (Å²) in [6, 6.07) is 19.4. The van der Waals surface area contributed by atoms with Gasteiger partial charge in [-0.1, -0.05) is 60.7 Å². The summed E-state index contributed by atoms with van der Waals surface area (Å²) < 4.78 is 27.0. The maximum Gasteiger partial charge on any atom is 0.436 e. The average molecular weight is 442 g/mol. The van der Waals surface area contributed by atoms with E-state index in [9.17, 15) is 19.7 Å². The molecule has 0 spiro atoms. The topological polar surface area (TPSA) is 99.9 Å². The molecule has 2 aromatic carbocycles. The zero-order valence-corrected chi connectivity index (χ0v) is 19.0. The van der Waals surface area contributed by atoms with E-state index in [0.717, 1.165) is 5.56 Å². The molecule has 8 heteroatoms. The number of rotatable bonds is 10. The normalized spacial score (nSPS) is 12.4. The van der Waals surface area contributed by atoms with Crippen molar-refractivity contribution < 1.29 is 23.5 Å². The van der Waals surface area contributed by atoms with Gasteiger partial charge < -0.3 is 5.11 Å². The highest BCUT2D eigenvalue weighted by atomic mass is 31.2. The molecule has 0 heterocycles. The second-order valence-electron chi connectivity index (χ2n) is 7.33. The summed E-state index contributed by atoms with van der Waals surface area (Å²) in [6.07, 6.45) is -0.953. The van der Waals surface area contributed by atoms with Gasteiger partial charge in [0.1, 0.15) is 6.07 Å². The monoisotopic (exact) mass is 442 g/mol. The van der Waals surface area contributed by atoms with E-state index in [1.807, 2.05) is 30.3 Å². The summed E-state index contributed by atoms with van der Waals surface area (Å²) >= 11 is 0. The Kier molecular flexibility index (Phi) is 8.58. The number of hydrogen-bond acceptors (Lipinski definition) is 5. The summed E-state index contributed by atoms with van der Waals surface area (Å²) in [4.78, 5) is 12.0. The summed E-state index contributed by atoms with van der Waals surface area (Å²) in [6.45, 7) is 6.87. The highest BCUT2D eigenvalue weighted by molar-refractivity contribution is 7.51. The molecule has 0 atom stereocenters. The minimum absolute atomic E-state index is 0.0141. The highest BCUT2D eigenvalue weighted by Crippen LogP contribution is 2.58. The lowest BCUT2D eigenvalue weighted by atomic mass is 10.1. The van der Waals surface area contributed by atoms with Crippen LogP contribution in [0.1, 0.15) is 38.8 Å². The van der Waals surface area contributed by atoms with Gasteiger partial charge in [0.05, 0.1) is 24.4 Å². The lowest BCUT2D eigenvalue weighted by Crippen LogP contribution is -2.27. The van der Waals surface area contributed by atoms with Crippen molar-refractivity contribution in [3.05, 3.63) is 77.4 Å². The number of nitriles is 1. The van der Waals surface area contributed by atoms with Gasteiger partial charge in [0.2, 0.25) is 0 Å². The van der Waals surface area contributed by atoms with Crippen molar-refractivity contribution in [3.8, 4) is 6.07 Å². The van der Waals surface area contributed by atoms with Crippen molar-refractivity contribution in [2.75, 3.05) is 0 Å². The molecule has 0 aliphatic rings. The van der Waals surface area contributed by atoms with Crippen LogP contribution >= 0.6 is 7.75 Å². The van der Waals surface area contributed by atoms with Gasteiger partial charge in [-0.3, -0.25) is 13.7 Å². The predicted octanol–water partition coefficient (Wildman–Crippen LogP) is 5.47. The fourth-order valence-corrected chi connectivity index (χ4v) is 5.08. The molecule has 0 aromatic heterocycles. The van der Waals surface area contributed by atoms with Gasteiger partial charge in [0.15, 0.2) is 5.57 Å². The minimum Gasteiger partial charge on any atom is -0.477 e. The maximum absolute atomic E-state index is 14.1. The summed E-state index contributed by atoms with van der Waals surface area (Å²) in [5.41, 5.74) is 0.585. The van der Waals surface area contributed by atoms with Gasteiger partial charge in [0.25, 0.3) is 0 Å². The van der Waals surface area contributed by atoms with Crippen LogP contribution in [0.4, 0.5) is 0 Å². The number of nitrogens with zero attached hydrogens (tertiary/aromatic N) is 2. The Morgan fingerprint density at radius 1 is 1.00 bits per heavy atom. The predicted molar refractivity (Wildman–Crippen MR) is 119 cm³/mol. The Morgan fingerprint density at radius 2 is 1.48 bits per heavy atom. The van der Waals surface area contributed by atoms with Crippen molar-refractivity contribution in [2.24, 2.45) is 0 Å². The van der Waals surface area contributed by atoms with Crippen molar-refractivity contribution >= 4 is 19.4 Å². The van der Waals surface area contributed by atoms with Gasteiger partial charge in [0, 0.05) is 0 Å². The van der Waals surface area contributed by atoms with E-state index >= 15 is 0 Å². The fraction of sp³-hybridized carbons (Fsp3) is 0.304. The van der Waals surface area contributed by atoms with Crippen LogP contribution in [-0.2, 0) is 25.0 Å². The van der Waals surface area contributed by atoms with Crippen LogP contribution in [0.2, 0.25) is 0 Å². The van der Waals surface area contributed by atoms with E-state index in [4.69, 9.17) is 9.05 Å².